The van der Waals surface area contributed by atoms with Gasteiger partial charge in [-0.25, -0.2) is 0 Å². The second-order valence-corrected chi connectivity index (χ2v) is 6.55. The van der Waals surface area contributed by atoms with E-state index in [2.05, 4.69) is 10.3 Å². The number of nitrogens with one attached hydrogen (secondary N) is 1. The number of thioether (sulfide) groups is 2. The van der Waals surface area contributed by atoms with Crippen LogP contribution in [0, 0.1) is 15.9 Å². The Balaban J connectivity index is 1.92. The molecule has 2 rings (SSSR count). The zero-order valence-corrected chi connectivity index (χ0v) is 12.7. The third kappa shape index (κ3) is 4.43. The molecule has 9 heteroatoms. The number of nitro benzene ring substituents is 1. The summed E-state index contributed by atoms with van der Waals surface area (Å²) in [4.78, 5) is 25.9. The largest absolute Gasteiger partial charge is 0.325 e. The highest BCUT2D eigenvalue weighted by atomic mass is 32.2. The van der Waals surface area contributed by atoms with E-state index in [1.165, 1.54) is 17.8 Å². The van der Waals surface area contributed by atoms with Crippen molar-refractivity contribution in [1.82, 2.24) is 0 Å². The summed E-state index contributed by atoms with van der Waals surface area (Å²) in [6.07, 6.45) is 0. The van der Waals surface area contributed by atoms with E-state index in [0.717, 1.165) is 22.3 Å². The number of amides is 1. The molecule has 0 saturated heterocycles. The number of nitro groups is 1. The first-order valence-electron chi connectivity index (χ1n) is 6.03. The first-order valence-corrected chi connectivity index (χ1v) is 8.00. The van der Waals surface area contributed by atoms with E-state index in [1.54, 1.807) is 11.8 Å². The maximum Gasteiger partial charge on any atom is 0.306 e. The molecule has 6 nitrogen and oxygen atoms in total. The van der Waals surface area contributed by atoms with Gasteiger partial charge in [0, 0.05) is 17.5 Å². The summed E-state index contributed by atoms with van der Waals surface area (Å²) in [5.74, 6) is -0.181. The molecular weight excluding hydrogens is 317 g/mol. The molecule has 21 heavy (non-hydrogen) atoms. The van der Waals surface area contributed by atoms with Crippen LogP contribution < -0.4 is 5.32 Å². The summed E-state index contributed by atoms with van der Waals surface area (Å²) in [5.41, 5.74) is -0.465. The third-order valence-corrected chi connectivity index (χ3v) is 4.99. The summed E-state index contributed by atoms with van der Waals surface area (Å²) >= 11 is 2.92. The van der Waals surface area contributed by atoms with Gasteiger partial charge in [-0.15, -0.1) is 0 Å². The smallest absolute Gasteiger partial charge is 0.306 e. The minimum atomic E-state index is -0.932. The average molecular weight is 329 g/mol. The van der Waals surface area contributed by atoms with Gasteiger partial charge in [-0.3, -0.25) is 19.9 Å². The Morgan fingerprint density at radius 2 is 2.43 bits per heavy atom. The van der Waals surface area contributed by atoms with Gasteiger partial charge in [0.15, 0.2) is 0 Å². The van der Waals surface area contributed by atoms with Gasteiger partial charge in [0.2, 0.25) is 11.7 Å². The van der Waals surface area contributed by atoms with Crippen molar-refractivity contribution in [2.45, 2.75) is 13.0 Å². The molecule has 112 valence electrons. The van der Waals surface area contributed by atoms with Gasteiger partial charge >= 0.3 is 5.69 Å². The molecular formula is C12H12FN3O3S2. The van der Waals surface area contributed by atoms with E-state index in [1.807, 2.05) is 6.92 Å². The Morgan fingerprint density at radius 3 is 3.05 bits per heavy atom. The summed E-state index contributed by atoms with van der Waals surface area (Å²) < 4.78 is 14.0. The van der Waals surface area contributed by atoms with Crippen LogP contribution in [0.3, 0.4) is 0 Å². The molecule has 0 radical (unpaired) electrons. The second kappa shape index (κ2) is 6.90. The molecule has 1 atom stereocenters. The monoisotopic (exact) mass is 329 g/mol. The predicted octanol–water partition coefficient (Wildman–Crippen LogP) is 2.90. The van der Waals surface area contributed by atoms with Crippen LogP contribution in [0.5, 0.6) is 0 Å². The van der Waals surface area contributed by atoms with Crippen molar-refractivity contribution in [1.29, 1.82) is 0 Å². The van der Waals surface area contributed by atoms with E-state index in [0.29, 0.717) is 0 Å². The van der Waals surface area contributed by atoms with Crippen LogP contribution in [0.1, 0.15) is 6.92 Å². The van der Waals surface area contributed by atoms with Crippen molar-refractivity contribution < 1.29 is 14.1 Å². The van der Waals surface area contributed by atoms with E-state index in [4.69, 9.17) is 0 Å². The molecule has 1 amide bonds. The molecule has 1 aliphatic heterocycles. The Labute approximate surface area is 128 Å². The summed E-state index contributed by atoms with van der Waals surface area (Å²) in [7, 11) is 0. The highest BCUT2D eigenvalue weighted by molar-refractivity contribution is 8.39. The molecule has 1 aliphatic rings. The Bertz CT molecular complexity index is 609. The number of anilines is 1. The maximum atomic E-state index is 13.2. The number of aliphatic imine (C=N–C) groups is 1. The molecule has 1 N–H and O–H groups in total. The normalized spacial score (nSPS) is 17.4. The highest BCUT2D eigenvalue weighted by Gasteiger charge is 2.17. The second-order valence-electron chi connectivity index (χ2n) is 4.32. The molecule has 0 saturated carbocycles. The minimum absolute atomic E-state index is 0.156. The fraction of sp³-hybridized carbons (Fsp3) is 0.333. The predicted molar refractivity (Wildman–Crippen MR) is 83.5 cm³/mol. The van der Waals surface area contributed by atoms with Crippen molar-refractivity contribution in [3.63, 3.8) is 0 Å². The minimum Gasteiger partial charge on any atom is -0.325 e. The first kappa shape index (κ1) is 15.8. The zero-order chi connectivity index (χ0) is 15.4. The number of carbonyl (C=O) groups is 1. The number of hydrogen-bond donors (Lipinski definition) is 1. The van der Waals surface area contributed by atoms with Crippen LogP contribution in [-0.4, -0.2) is 32.8 Å². The third-order valence-electron chi connectivity index (χ3n) is 2.53. The molecule has 1 aromatic rings. The van der Waals surface area contributed by atoms with Gasteiger partial charge in [-0.05, 0) is 19.1 Å². The Hall–Kier alpha value is -1.61. The maximum absolute atomic E-state index is 13.2. The number of benzene rings is 1. The van der Waals surface area contributed by atoms with Gasteiger partial charge < -0.3 is 5.32 Å². The summed E-state index contributed by atoms with van der Waals surface area (Å²) in [6, 6.07) is 3.51. The van der Waals surface area contributed by atoms with Crippen LogP contribution in [-0.2, 0) is 4.79 Å². The van der Waals surface area contributed by atoms with Crippen LogP contribution >= 0.6 is 23.5 Å². The van der Waals surface area contributed by atoms with Crippen molar-refractivity contribution in [3.05, 3.63) is 34.1 Å². The van der Waals surface area contributed by atoms with E-state index < -0.39 is 16.4 Å². The summed E-state index contributed by atoms with van der Waals surface area (Å²) in [6.45, 7) is 2.00. The van der Waals surface area contributed by atoms with Crippen LogP contribution in [0.25, 0.3) is 0 Å². The van der Waals surface area contributed by atoms with Crippen molar-refractivity contribution in [3.8, 4) is 0 Å². The summed E-state index contributed by atoms with van der Waals surface area (Å²) in [5, 5.41) is 13.1. The Morgan fingerprint density at radius 1 is 1.67 bits per heavy atom. The standard InChI is InChI=1S/C12H12FN3O3S2/c1-7-5-20-12(14-7)21-6-11(17)15-8-2-3-9(13)10(4-8)16(18)19/h2-4,7H,5-6H2,1H3,(H,15,17). The number of nitrogens with zero attached hydrogens (tertiary/aromatic N) is 2. The van der Waals surface area contributed by atoms with Gasteiger partial charge in [0.1, 0.15) is 4.38 Å². The zero-order valence-electron chi connectivity index (χ0n) is 11.0. The van der Waals surface area contributed by atoms with Gasteiger partial charge in [-0.2, -0.15) is 4.39 Å². The molecule has 1 aromatic carbocycles. The average Bonchev–Trinajstić information content (AvgIpc) is 2.84. The van der Waals surface area contributed by atoms with E-state index >= 15 is 0 Å². The quantitative estimate of drug-likeness (QED) is 0.678. The number of carbonyl (C=O) groups excluding carboxylic acids is 1. The lowest BCUT2D eigenvalue weighted by Gasteiger charge is -2.05. The van der Waals surface area contributed by atoms with Crippen LogP contribution in [0.4, 0.5) is 15.8 Å². The fourth-order valence-electron chi connectivity index (χ4n) is 1.58. The number of rotatable bonds is 4. The molecule has 1 heterocycles. The number of halogens is 1. The molecule has 0 bridgehead atoms. The molecule has 1 unspecified atom stereocenters. The topological polar surface area (TPSA) is 84.6 Å². The van der Waals surface area contributed by atoms with E-state index in [-0.39, 0.29) is 23.4 Å². The van der Waals surface area contributed by atoms with Crippen LogP contribution in [0.15, 0.2) is 23.2 Å². The first-order chi connectivity index (χ1) is 9.95. The van der Waals surface area contributed by atoms with Crippen LogP contribution in [0.2, 0.25) is 0 Å². The highest BCUT2D eigenvalue weighted by Crippen LogP contribution is 2.26. The van der Waals surface area contributed by atoms with Crippen molar-refractivity contribution in [2.75, 3.05) is 16.8 Å². The SMILES string of the molecule is CC1CSC(SCC(=O)Nc2ccc(F)c([N+](=O)[O-])c2)=N1. The number of hydrogen-bond acceptors (Lipinski definition) is 6. The van der Waals surface area contributed by atoms with Gasteiger partial charge in [0.05, 0.1) is 16.7 Å². The Kier molecular flexibility index (Phi) is 5.18. The van der Waals surface area contributed by atoms with Gasteiger partial charge in [-0.1, -0.05) is 23.5 Å². The molecule has 0 aliphatic carbocycles. The molecule has 0 aromatic heterocycles. The lowest BCUT2D eigenvalue weighted by molar-refractivity contribution is -0.387. The van der Waals surface area contributed by atoms with Crippen molar-refractivity contribution >= 4 is 45.2 Å². The molecule has 0 fully saturated rings. The van der Waals surface area contributed by atoms with E-state index in [9.17, 15) is 19.3 Å². The lowest BCUT2D eigenvalue weighted by Crippen LogP contribution is -2.15. The lowest BCUT2D eigenvalue weighted by atomic mass is 10.2. The van der Waals surface area contributed by atoms with Gasteiger partial charge in [0.25, 0.3) is 0 Å². The fourth-order valence-corrected chi connectivity index (χ4v) is 3.59. The van der Waals surface area contributed by atoms with Crippen molar-refractivity contribution in [2.24, 2.45) is 4.99 Å². The molecule has 0 spiro atoms.